The largest absolute Gasteiger partial charge is 0.481 e. The van der Waals surface area contributed by atoms with Gasteiger partial charge in [0.15, 0.2) is 0 Å². The third-order valence-corrected chi connectivity index (χ3v) is 3.94. The second-order valence-corrected chi connectivity index (χ2v) is 5.35. The van der Waals surface area contributed by atoms with E-state index in [1.54, 1.807) is 0 Å². The fraction of sp³-hybridized carbons (Fsp3) is 0.562. The highest BCUT2D eigenvalue weighted by molar-refractivity contribution is 5.66. The van der Waals surface area contributed by atoms with E-state index in [0.29, 0.717) is 12.5 Å². The molecule has 0 amide bonds. The Morgan fingerprint density at radius 2 is 2.11 bits per heavy atom. The SMILES string of the molecule is O=C(O)CCC1CCCN1CCCc1ccccc1. The van der Waals surface area contributed by atoms with Gasteiger partial charge in [-0.05, 0) is 50.8 Å². The molecule has 104 valence electrons. The zero-order valence-electron chi connectivity index (χ0n) is 11.4. The van der Waals surface area contributed by atoms with Crippen LogP contribution in [0.1, 0.15) is 37.7 Å². The van der Waals surface area contributed by atoms with Crippen LogP contribution in [0.15, 0.2) is 30.3 Å². The van der Waals surface area contributed by atoms with Gasteiger partial charge in [0.05, 0.1) is 0 Å². The number of carbonyl (C=O) groups is 1. The van der Waals surface area contributed by atoms with Crippen molar-refractivity contribution in [1.29, 1.82) is 0 Å². The second-order valence-electron chi connectivity index (χ2n) is 5.35. The molecule has 1 aromatic carbocycles. The summed E-state index contributed by atoms with van der Waals surface area (Å²) in [5, 5.41) is 8.77. The van der Waals surface area contributed by atoms with Crippen LogP contribution < -0.4 is 0 Å². The Labute approximate surface area is 115 Å². The zero-order chi connectivity index (χ0) is 13.5. The van der Waals surface area contributed by atoms with Gasteiger partial charge in [0.25, 0.3) is 0 Å². The van der Waals surface area contributed by atoms with Crippen LogP contribution >= 0.6 is 0 Å². The lowest BCUT2D eigenvalue weighted by atomic mass is 10.1. The lowest BCUT2D eigenvalue weighted by Gasteiger charge is -2.23. The first-order valence-corrected chi connectivity index (χ1v) is 7.25. The number of nitrogens with zero attached hydrogens (tertiary/aromatic N) is 1. The first-order valence-electron chi connectivity index (χ1n) is 7.25. The molecule has 3 nitrogen and oxygen atoms in total. The maximum atomic E-state index is 10.6. The summed E-state index contributed by atoms with van der Waals surface area (Å²) in [5.41, 5.74) is 1.39. The number of likely N-dealkylation sites (tertiary alicyclic amines) is 1. The summed E-state index contributed by atoms with van der Waals surface area (Å²) in [6.07, 6.45) is 5.77. The molecule has 2 rings (SSSR count). The van der Waals surface area contributed by atoms with Crippen molar-refractivity contribution in [3.63, 3.8) is 0 Å². The summed E-state index contributed by atoms with van der Waals surface area (Å²) in [4.78, 5) is 13.1. The van der Waals surface area contributed by atoms with E-state index in [-0.39, 0.29) is 0 Å². The van der Waals surface area contributed by atoms with E-state index in [2.05, 4.69) is 29.2 Å². The van der Waals surface area contributed by atoms with Gasteiger partial charge in [0.2, 0.25) is 0 Å². The van der Waals surface area contributed by atoms with E-state index >= 15 is 0 Å². The minimum absolute atomic E-state index is 0.305. The summed E-state index contributed by atoms with van der Waals surface area (Å²) < 4.78 is 0. The number of hydrogen-bond donors (Lipinski definition) is 1. The molecular weight excluding hydrogens is 238 g/mol. The van der Waals surface area contributed by atoms with E-state index in [1.165, 1.54) is 18.4 Å². The maximum absolute atomic E-state index is 10.6. The van der Waals surface area contributed by atoms with Crippen LogP contribution in [0.25, 0.3) is 0 Å². The maximum Gasteiger partial charge on any atom is 0.303 e. The normalized spacial score (nSPS) is 19.7. The average Bonchev–Trinajstić information content (AvgIpc) is 2.85. The van der Waals surface area contributed by atoms with Gasteiger partial charge in [0.1, 0.15) is 0 Å². The number of hydrogen-bond acceptors (Lipinski definition) is 2. The van der Waals surface area contributed by atoms with Gasteiger partial charge in [-0.1, -0.05) is 30.3 Å². The fourth-order valence-electron chi connectivity index (χ4n) is 2.94. The van der Waals surface area contributed by atoms with Crippen molar-refractivity contribution in [2.24, 2.45) is 0 Å². The Bertz CT molecular complexity index is 391. The summed E-state index contributed by atoms with van der Waals surface area (Å²) >= 11 is 0. The van der Waals surface area contributed by atoms with Crippen molar-refractivity contribution >= 4 is 5.97 Å². The van der Waals surface area contributed by atoms with Crippen LogP contribution in [0.5, 0.6) is 0 Å². The predicted molar refractivity (Wildman–Crippen MR) is 76.2 cm³/mol. The number of aryl methyl sites for hydroxylation is 1. The van der Waals surface area contributed by atoms with Gasteiger partial charge in [-0.2, -0.15) is 0 Å². The van der Waals surface area contributed by atoms with Crippen LogP contribution in [0, 0.1) is 0 Å². The minimum Gasteiger partial charge on any atom is -0.481 e. The van der Waals surface area contributed by atoms with Crippen LogP contribution in [0.4, 0.5) is 0 Å². The first kappa shape index (κ1) is 14.1. The summed E-state index contributed by atoms with van der Waals surface area (Å²) in [7, 11) is 0. The van der Waals surface area contributed by atoms with Gasteiger partial charge in [0, 0.05) is 12.5 Å². The monoisotopic (exact) mass is 261 g/mol. The van der Waals surface area contributed by atoms with E-state index in [1.807, 2.05) is 6.07 Å². The fourth-order valence-corrected chi connectivity index (χ4v) is 2.94. The molecule has 0 radical (unpaired) electrons. The molecule has 0 spiro atoms. The number of rotatable bonds is 7. The lowest BCUT2D eigenvalue weighted by molar-refractivity contribution is -0.137. The summed E-state index contributed by atoms with van der Waals surface area (Å²) in [6.45, 7) is 2.23. The minimum atomic E-state index is -0.670. The van der Waals surface area contributed by atoms with Crippen LogP contribution in [0.2, 0.25) is 0 Å². The molecule has 0 bridgehead atoms. The highest BCUT2D eigenvalue weighted by Crippen LogP contribution is 2.21. The van der Waals surface area contributed by atoms with Gasteiger partial charge in [-0.25, -0.2) is 0 Å². The Kier molecular flexibility index (Phi) is 5.40. The zero-order valence-corrected chi connectivity index (χ0v) is 11.4. The number of benzene rings is 1. The number of aliphatic carboxylic acids is 1. The van der Waals surface area contributed by atoms with Gasteiger partial charge < -0.3 is 10.0 Å². The van der Waals surface area contributed by atoms with Crippen molar-refractivity contribution < 1.29 is 9.90 Å². The molecule has 1 fully saturated rings. The van der Waals surface area contributed by atoms with Crippen molar-refractivity contribution in [2.75, 3.05) is 13.1 Å². The summed E-state index contributed by atoms with van der Waals surface area (Å²) in [6, 6.07) is 11.1. The lowest BCUT2D eigenvalue weighted by Crippen LogP contribution is -2.31. The third-order valence-electron chi connectivity index (χ3n) is 3.94. The smallest absolute Gasteiger partial charge is 0.303 e. The Morgan fingerprint density at radius 1 is 1.32 bits per heavy atom. The van der Waals surface area contributed by atoms with Crippen molar-refractivity contribution in [1.82, 2.24) is 4.90 Å². The molecule has 1 unspecified atom stereocenters. The van der Waals surface area contributed by atoms with Gasteiger partial charge in [-0.3, -0.25) is 4.79 Å². The van der Waals surface area contributed by atoms with Gasteiger partial charge in [-0.15, -0.1) is 0 Å². The number of carboxylic acids is 1. The molecule has 0 aliphatic carbocycles. The Morgan fingerprint density at radius 3 is 2.84 bits per heavy atom. The highest BCUT2D eigenvalue weighted by Gasteiger charge is 2.24. The van der Waals surface area contributed by atoms with Crippen LogP contribution in [-0.4, -0.2) is 35.1 Å². The quantitative estimate of drug-likeness (QED) is 0.820. The van der Waals surface area contributed by atoms with E-state index in [9.17, 15) is 4.79 Å². The Hall–Kier alpha value is -1.35. The average molecular weight is 261 g/mol. The molecule has 0 saturated carbocycles. The molecule has 3 heteroatoms. The number of carboxylic acid groups (broad SMARTS) is 1. The second kappa shape index (κ2) is 7.29. The molecule has 1 heterocycles. The van der Waals surface area contributed by atoms with E-state index in [4.69, 9.17) is 5.11 Å². The molecule has 0 aromatic heterocycles. The van der Waals surface area contributed by atoms with Gasteiger partial charge >= 0.3 is 5.97 Å². The van der Waals surface area contributed by atoms with Crippen molar-refractivity contribution in [2.45, 2.75) is 44.6 Å². The van der Waals surface area contributed by atoms with Crippen molar-refractivity contribution in [3.05, 3.63) is 35.9 Å². The van der Waals surface area contributed by atoms with E-state index in [0.717, 1.165) is 32.4 Å². The van der Waals surface area contributed by atoms with Crippen LogP contribution in [0.3, 0.4) is 0 Å². The molecular formula is C16H23NO2. The molecule has 19 heavy (non-hydrogen) atoms. The highest BCUT2D eigenvalue weighted by atomic mass is 16.4. The predicted octanol–water partition coefficient (Wildman–Crippen LogP) is 2.95. The first-order chi connectivity index (χ1) is 9.25. The molecule has 1 aromatic rings. The standard InChI is InChI=1S/C16H23NO2/c18-16(19)11-10-15-9-5-13-17(15)12-4-8-14-6-2-1-3-7-14/h1-3,6-7,15H,4-5,8-13H2,(H,18,19). The summed E-state index contributed by atoms with van der Waals surface area (Å²) in [5.74, 6) is -0.670. The molecule has 1 atom stereocenters. The molecule has 1 aliphatic rings. The molecule has 1 saturated heterocycles. The van der Waals surface area contributed by atoms with Crippen molar-refractivity contribution in [3.8, 4) is 0 Å². The van der Waals surface area contributed by atoms with Crippen LogP contribution in [-0.2, 0) is 11.2 Å². The topological polar surface area (TPSA) is 40.5 Å². The van der Waals surface area contributed by atoms with E-state index < -0.39 is 5.97 Å². The Balaban J connectivity index is 1.71. The third kappa shape index (κ3) is 4.67. The molecule has 1 aliphatic heterocycles. The molecule has 1 N–H and O–H groups in total.